The lowest BCUT2D eigenvalue weighted by Gasteiger charge is -2.12. The first-order valence-corrected chi connectivity index (χ1v) is 11.2. The zero-order valence-corrected chi connectivity index (χ0v) is 17.9. The van der Waals surface area contributed by atoms with E-state index >= 15 is 0 Å². The summed E-state index contributed by atoms with van der Waals surface area (Å²) in [6.45, 7) is 4.12. The molecule has 2 N–H and O–H groups in total. The Labute approximate surface area is 174 Å². The fraction of sp³-hybridized carbons (Fsp3) is 0.350. The second-order valence-corrected chi connectivity index (χ2v) is 8.43. The van der Waals surface area contributed by atoms with Gasteiger partial charge < -0.3 is 15.2 Å². The standard InChI is InChI=1S/C20H26N6S2/c1-16-24-25-19(26(16)2)15-23-20(21-11-10-18-9-6-13-27-18)22-12-14-28-17-7-4-3-5-8-17/h3-9,13H,10-12,14-15H2,1-2H3,(H2,21,22,23). The maximum Gasteiger partial charge on any atom is 0.191 e. The summed E-state index contributed by atoms with van der Waals surface area (Å²) in [4.78, 5) is 7.35. The van der Waals surface area contributed by atoms with Crippen LogP contribution in [0.5, 0.6) is 0 Å². The van der Waals surface area contributed by atoms with Crippen molar-refractivity contribution in [2.75, 3.05) is 18.8 Å². The monoisotopic (exact) mass is 414 g/mol. The molecule has 0 atom stereocenters. The number of guanidine groups is 1. The minimum Gasteiger partial charge on any atom is -0.356 e. The van der Waals surface area contributed by atoms with Crippen LogP contribution >= 0.6 is 23.1 Å². The van der Waals surface area contributed by atoms with Gasteiger partial charge in [0.15, 0.2) is 11.8 Å². The summed E-state index contributed by atoms with van der Waals surface area (Å²) in [5.74, 6) is 3.53. The Kier molecular flexibility index (Phi) is 7.93. The Hall–Kier alpha value is -2.32. The fourth-order valence-electron chi connectivity index (χ4n) is 2.53. The second-order valence-electron chi connectivity index (χ2n) is 6.23. The molecule has 0 unspecified atom stereocenters. The number of hydrogen-bond donors (Lipinski definition) is 2. The number of benzene rings is 1. The molecular formula is C20H26N6S2. The van der Waals surface area contributed by atoms with Crippen molar-refractivity contribution in [3.63, 3.8) is 0 Å². The van der Waals surface area contributed by atoms with E-state index in [1.165, 1.54) is 9.77 Å². The minimum absolute atomic E-state index is 0.498. The lowest BCUT2D eigenvalue weighted by molar-refractivity contribution is 0.755. The van der Waals surface area contributed by atoms with E-state index in [1.807, 2.05) is 36.4 Å². The predicted molar refractivity (Wildman–Crippen MR) is 118 cm³/mol. The molecule has 0 spiro atoms. The Bertz CT molecular complexity index is 858. The van der Waals surface area contributed by atoms with E-state index in [9.17, 15) is 0 Å². The highest BCUT2D eigenvalue weighted by molar-refractivity contribution is 7.99. The molecule has 0 aliphatic carbocycles. The number of thiophene rings is 1. The first kappa shape index (κ1) is 20.4. The van der Waals surface area contributed by atoms with Gasteiger partial charge in [0.1, 0.15) is 12.4 Å². The SMILES string of the molecule is Cc1nnc(CN=C(NCCSc2ccccc2)NCCc2cccs2)n1C. The fourth-order valence-corrected chi connectivity index (χ4v) is 4.03. The van der Waals surface area contributed by atoms with Crippen LogP contribution in [0.1, 0.15) is 16.5 Å². The van der Waals surface area contributed by atoms with E-state index < -0.39 is 0 Å². The Balaban J connectivity index is 1.51. The highest BCUT2D eigenvalue weighted by Crippen LogP contribution is 2.15. The number of nitrogens with zero attached hydrogens (tertiary/aromatic N) is 4. The van der Waals surface area contributed by atoms with E-state index in [2.05, 4.69) is 62.6 Å². The number of thioether (sulfide) groups is 1. The van der Waals surface area contributed by atoms with E-state index in [4.69, 9.17) is 4.99 Å². The maximum atomic E-state index is 4.70. The van der Waals surface area contributed by atoms with Gasteiger partial charge in [-0.05, 0) is 36.9 Å². The van der Waals surface area contributed by atoms with Gasteiger partial charge in [-0.25, -0.2) is 4.99 Å². The van der Waals surface area contributed by atoms with Crippen LogP contribution in [0.4, 0.5) is 0 Å². The quantitative estimate of drug-likeness (QED) is 0.243. The summed E-state index contributed by atoms with van der Waals surface area (Å²) in [5.41, 5.74) is 0. The molecule has 1 aromatic carbocycles. The smallest absolute Gasteiger partial charge is 0.191 e. The number of aliphatic imine (C=N–C) groups is 1. The molecule has 3 rings (SSSR count). The summed E-state index contributed by atoms with van der Waals surface area (Å²) < 4.78 is 1.97. The number of aromatic nitrogens is 3. The van der Waals surface area contributed by atoms with Crippen LogP contribution in [0.15, 0.2) is 57.7 Å². The molecule has 6 nitrogen and oxygen atoms in total. The highest BCUT2D eigenvalue weighted by atomic mass is 32.2. The molecule has 8 heteroatoms. The van der Waals surface area contributed by atoms with Crippen LogP contribution < -0.4 is 10.6 Å². The van der Waals surface area contributed by atoms with Crippen molar-refractivity contribution >= 4 is 29.1 Å². The van der Waals surface area contributed by atoms with Crippen molar-refractivity contribution in [2.24, 2.45) is 12.0 Å². The number of nitrogens with one attached hydrogen (secondary N) is 2. The van der Waals surface area contributed by atoms with E-state index in [0.29, 0.717) is 6.54 Å². The molecule has 2 aromatic heterocycles. The first-order valence-electron chi connectivity index (χ1n) is 9.29. The van der Waals surface area contributed by atoms with Gasteiger partial charge in [-0.3, -0.25) is 0 Å². The maximum absolute atomic E-state index is 4.70. The number of hydrogen-bond acceptors (Lipinski definition) is 5. The van der Waals surface area contributed by atoms with Crippen LogP contribution in [0.2, 0.25) is 0 Å². The summed E-state index contributed by atoms with van der Waals surface area (Å²) in [7, 11) is 1.97. The Morgan fingerprint density at radius 2 is 1.93 bits per heavy atom. The third kappa shape index (κ3) is 6.38. The van der Waals surface area contributed by atoms with Gasteiger partial charge in [-0.15, -0.1) is 33.3 Å². The molecule has 2 heterocycles. The van der Waals surface area contributed by atoms with Crippen LogP contribution in [0.3, 0.4) is 0 Å². The zero-order valence-electron chi connectivity index (χ0n) is 16.3. The number of rotatable bonds is 9. The lowest BCUT2D eigenvalue weighted by atomic mass is 10.3. The summed E-state index contributed by atoms with van der Waals surface area (Å²) in [5, 5.41) is 17.3. The van der Waals surface area contributed by atoms with Crippen LogP contribution in [0, 0.1) is 6.92 Å². The summed E-state index contributed by atoms with van der Waals surface area (Å²) >= 11 is 3.62. The van der Waals surface area contributed by atoms with Gasteiger partial charge >= 0.3 is 0 Å². The van der Waals surface area contributed by atoms with E-state index in [-0.39, 0.29) is 0 Å². The molecule has 0 aliphatic heterocycles. The van der Waals surface area contributed by atoms with Crippen molar-refractivity contribution < 1.29 is 0 Å². The molecule has 0 radical (unpaired) electrons. The molecule has 3 aromatic rings. The largest absolute Gasteiger partial charge is 0.356 e. The van der Waals surface area contributed by atoms with Crippen molar-refractivity contribution in [2.45, 2.75) is 24.8 Å². The van der Waals surface area contributed by atoms with Crippen molar-refractivity contribution in [1.82, 2.24) is 25.4 Å². The van der Waals surface area contributed by atoms with Gasteiger partial charge in [0.05, 0.1) is 0 Å². The van der Waals surface area contributed by atoms with Crippen molar-refractivity contribution in [1.29, 1.82) is 0 Å². The van der Waals surface area contributed by atoms with Gasteiger partial charge in [-0.2, -0.15) is 0 Å². The normalized spacial score (nSPS) is 11.6. The number of aryl methyl sites for hydroxylation is 1. The predicted octanol–water partition coefficient (Wildman–Crippen LogP) is 3.26. The van der Waals surface area contributed by atoms with E-state index in [0.717, 1.165) is 42.9 Å². The van der Waals surface area contributed by atoms with Gasteiger partial charge in [0.25, 0.3) is 0 Å². The second kappa shape index (κ2) is 10.9. The van der Waals surface area contributed by atoms with Gasteiger partial charge in [-0.1, -0.05) is 24.3 Å². The first-order chi connectivity index (χ1) is 13.7. The summed E-state index contributed by atoms with van der Waals surface area (Å²) in [6.07, 6.45) is 0.986. The van der Waals surface area contributed by atoms with Gasteiger partial charge in [0.2, 0.25) is 0 Å². The molecule has 28 heavy (non-hydrogen) atoms. The molecule has 0 fully saturated rings. The Morgan fingerprint density at radius 3 is 2.64 bits per heavy atom. The lowest BCUT2D eigenvalue weighted by Crippen LogP contribution is -2.39. The van der Waals surface area contributed by atoms with Crippen molar-refractivity contribution in [3.05, 3.63) is 64.4 Å². The average molecular weight is 415 g/mol. The molecular weight excluding hydrogens is 388 g/mol. The molecule has 0 aliphatic rings. The third-order valence-corrected chi connectivity index (χ3v) is 6.16. The van der Waals surface area contributed by atoms with Gasteiger partial charge in [0, 0.05) is 35.7 Å². The molecule has 148 valence electrons. The highest BCUT2D eigenvalue weighted by Gasteiger charge is 2.05. The topological polar surface area (TPSA) is 67.1 Å². The van der Waals surface area contributed by atoms with Crippen molar-refractivity contribution in [3.8, 4) is 0 Å². The van der Waals surface area contributed by atoms with Crippen LogP contribution in [-0.2, 0) is 20.0 Å². The van der Waals surface area contributed by atoms with Crippen LogP contribution in [0.25, 0.3) is 0 Å². The molecule has 0 bridgehead atoms. The third-order valence-electron chi connectivity index (χ3n) is 4.21. The minimum atomic E-state index is 0.498. The van der Waals surface area contributed by atoms with E-state index in [1.54, 1.807) is 11.3 Å². The molecule has 0 saturated carbocycles. The molecule has 0 saturated heterocycles. The zero-order chi connectivity index (χ0) is 19.6. The summed E-state index contributed by atoms with van der Waals surface area (Å²) in [6, 6.07) is 14.7. The average Bonchev–Trinajstić information content (AvgIpc) is 3.34. The molecule has 0 amide bonds. The Morgan fingerprint density at radius 1 is 1.11 bits per heavy atom. The van der Waals surface area contributed by atoms with Crippen LogP contribution in [-0.4, -0.2) is 39.6 Å².